The van der Waals surface area contributed by atoms with Gasteiger partial charge in [0.05, 0.1) is 26.4 Å². The Bertz CT molecular complexity index is 818. The molecule has 1 atom stereocenters. The SMILES string of the molecule is COc1ccc(C(CNC(=O)c2ccc3c(c2)OCO3)N2CCOCC2)cc1. The van der Waals surface area contributed by atoms with Crippen LogP contribution in [0.1, 0.15) is 22.0 Å². The Labute approximate surface area is 164 Å². The van der Waals surface area contributed by atoms with Crippen LogP contribution in [0.3, 0.4) is 0 Å². The maximum atomic E-state index is 12.7. The summed E-state index contributed by atoms with van der Waals surface area (Å²) in [4.78, 5) is 15.0. The first-order valence-electron chi connectivity index (χ1n) is 9.38. The monoisotopic (exact) mass is 384 g/mol. The predicted molar refractivity (Wildman–Crippen MR) is 103 cm³/mol. The molecule has 1 unspecified atom stereocenters. The van der Waals surface area contributed by atoms with Gasteiger partial charge in [-0.15, -0.1) is 0 Å². The average molecular weight is 384 g/mol. The van der Waals surface area contributed by atoms with Gasteiger partial charge < -0.3 is 24.3 Å². The first-order chi connectivity index (χ1) is 13.7. The van der Waals surface area contributed by atoms with E-state index in [1.807, 2.05) is 24.3 Å². The Morgan fingerprint density at radius 1 is 1.11 bits per heavy atom. The van der Waals surface area contributed by atoms with Crippen molar-refractivity contribution in [3.05, 3.63) is 53.6 Å². The lowest BCUT2D eigenvalue weighted by atomic mass is 10.0. The molecule has 0 spiro atoms. The number of carbonyl (C=O) groups is 1. The molecule has 0 aliphatic carbocycles. The summed E-state index contributed by atoms with van der Waals surface area (Å²) in [5.41, 5.74) is 1.69. The van der Waals surface area contributed by atoms with Crippen LogP contribution in [-0.4, -0.2) is 57.6 Å². The molecule has 1 amide bonds. The summed E-state index contributed by atoms with van der Waals surface area (Å²) in [7, 11) is 1.65. The largest absolute Gasteiger partial charge is 0.497 e. The molecule has 0 bridgehead atoms. The van der Waals surface area contributed by atoms with E-state index in [4.69, 9.17) is 18.9 Å². The standard InChI is InChI=1S/C21H24N2O5/c1-25-17-5-2-15(3-6-17)18(23-8-10-26-11-9-23)13-22-21(24)16-4-7-19-20(12-16)28-14-27-19/h2-7,12,18H,8-11,13-14H2,1H3,(H,22,24). The van der Waals surface area contributed by atoms with Gasteiger partial charge in [-0.1, -0.05) is 12.1 Å². The van der Waals surface area contributed by atoms with Crippen molar-refractivity contribution in [2.24, 2.45) is 0 Å². The number of carbonyl (C=O) groups excluding carboxylic acids is 1. The fraction of sp³-hybridized carbons (Fsp3) is 0.381. The Balaban J connectivity index is 1.47. The number of ether oxygens (including phenoxy) is 4. The molecular weight excluding hydrogens is 360 g/mol. The molecule has 28 heavy (non-hydrogen) atoms. The van der Waals surface area contributed by atoms with Gasteiger partial charge in [0.15, 0.2) is 11.5 Å². The molecule has 1 fully saturated rings. The molecule has 1 saturated heterocycles. The van der Waals surface area contributed by atoms with Crippen molar-refractivity contribution in [2.45, 2.75) is 6.04 Å². The number of nitrogens with zero attached hydrogens (tertiary/aromatic N) is 1. The molecule has 148 valence electrons. The molecule has 2 heterocycles. The van der Waals surface area contributed by atoms with Crippen LogP contribution in [0.25, 0.3) is 0 Å². The highest BCUT2D eigenvalue weighted by Gasteiger charge is 2.24. The third kappa shape index (κ3) is 4.05. The smallest absolute Gasteiger partial charge is 0.251 e. The van der Waals surface area contributed by atoms with Crippen molar-refractivity contribution in [3.8, 4) is 17.2 Å². The second-order valence-electron chi connectivity index (χ2n) is 6.72. The van der Waals surface area contributed by atoms with Crippen LogP contribution in [0, 0.1) is 0 Å². The molecule has 0 saturated carbocycles. The molecule has 7 heteroatoms. The molecule has 7 nitrogen and oxygen atoms in total. The van der Waals surface area contributed by atoms with Gasteiger partial charge in [0.25, 0.3) is 5.91 Å². The van der Waals surface area contributed by atoms with Crippen molar-refractivity contribution in [2.75, 3.05) is 46.8 Å². The van der Waals surface area contributed by atoms with Crippen molar-refractivity contribution >= 4 is 5.91 Å². The number of morpholine rings is 1. The highest BCUT2D eigenvalue weighted by Crippen LogP contribution is 2.32. The van der Waals surface area contributed by atoms with Crippen molar-refractivity contribution in [1.82, 2.24) is 10.2 Å². The maximum Gasteiger partial charge on any atom is 0.251 e. The highest BCUT2D eigenvalue weighted by atomic mass is 16.7. The Hall–Kier alpha value is -2.77. The van der Waals surface area contributed by atoms with Gasteiger partial charge in [-0.05, 0) is 35.9 Å². The Morgan fingerprint density at radius 2 is 1.86 bits per heavy atom. The minimum atomic E-state index is -0.134. The molecule has 4 rings (SSSR count). The second-order valence-corrected chi connectivity index (χ2v) is 6.72. The second kappa shape index (κ2) is 8.50. The summed E-state index contributed by atoms with van der Waals surface area (Å²) in [6.07, 6.45) is 0. The van der Waals surface area contributed by atoms with Crippen LogP contribution in [-0.2, 0) is 4.74 Å². The van der Waals surface area contributed by atoms with E-state index in [0.717, 1.165) is 24.4 Å². The number of methoxy groups -OCH3 is 1. The van der Waals surface area contributed by atoms with E-state index < -0.39 is 0 Å². The summed E-state index contributed by atoms with van der Waals surface area (Å²) in [6, 6.07) is 13.3. The van der Waals surface area contributed by atoms with E-state index in [1.165, 1.54) is 0 Å². The first-order valence-corrected chi connectivity index (χ1v) is 9.38. The van der Waals surface area contributed by atoms with Crippen molar-refractivity contribution in [1.29, 1.82) is 0 Å². The zero-order valence-electron chi connectivity index (χ0n) is 15.8. The summed E-state index contributed by atoms with van der Waals surface area (Å²) >= 11 is 0. The van der Waals surface area contributed by atoms with Gasteiger partial charge in [0.2, 0.25) is 6.79 Å². The van der Waals surface area contributed by atoms with Gasteiger partial charge in [0.1, 0.15) is 5.75 Å². The average Bonchev–Trinajstić information content (AvgIpc) is 3.23. The van der Waals surface area contributed by atoms with Crippen LogP contribution in [0.4, 0.5) is 0 Å². The van der Waals surface area contributed by atoms with Gasteiger partial charge >= 0.3 is 0 Å². The molecular formula is C21H24N2O5. The lowest BCUT2D eigenvalue weighted by molar-refractivity contribution is 0.0162. The van der Waals surface area contributed by atoms with E-state index in [0.29, 0.717) is 36.8 Å². The van der Waals surface area contributed by atoms with E-state index in [1.54, 1.807) is 25.3 Å². The van der Waals surface area contributed by atoms with Crippen LogP contribution < -0.4 is 19.5 Å². The lowest BCUT2D eigenvalue weighted by Gasteiger charge is -2.35. The minimum Gasteiger partial charge on any atom is -0.497 e. The van der Waals surface area contributed by atoms with Gasteiger partial charge in [0, 0.05) is 25.2 Å². The summed E-state index contributed by atoms with van der Waals surface area (Å²) < 4.78 is 21.4. The van der Waals surface area contributed by atoms with Crippen LogP contribution in [0.2, 0.25) is 0 Å². The predicted octanol–water partition coefficient (Wildman–Crippen LogP) is 2.23. The minimum absolute atomic E-state index is 0.0627. The van der Waals surface area contributed by atoms with Crippen LogP contribution in [0.15, 0.2) is 42.5 Å². The molecule has 2 aromatic carbocycles. The quantitative estimate of drug-likeness (QED) is 0.824. The van der Waals surface area contributed by atoms with E-state index >= 15 is 0 Å². The highest BCUT2D eigenvalue weighted by molar-refractivity contribution is 5.95. The maximum absolute atomic E-state index is 12.7. The third-order valence-electron chi connectivity index (χ3n) is 5.08. The number of benzene rings is 2. The number of nitrogens with one attached hydrogen (secondary N) is 1. The fourth-order valence-corrected chi connectivity index (χ4v) is 3.50. The van der Waals surface area contributed by atoms with Crippen LogP contribution in [0.5, 0.6) is 17.2 Å². The topological polar surface area (TPSA) is 69.3 Å². The number of hydrogen-bond acceptors (Lipinski definition) is 6. The molecule has 0 radical (unpaired) electrons. The van der Waals surface area contributed by atoms with E-state index in [2.05, 4.69) is 10.2 Å². The van der Waals surface area contributed by atoms with Crippen LogP contribution >= 0.6 is 0 Å². The normalized spacial score (nSPS) is 17.2. The number of fused-ring (bicyclic) bond motifs is 1. The van der Waals surface area contributed by atoms with Gasteiger partial charge in [-0.3, -0.25) is 9.69 Å². The number of rotatable bonds is 6. The van der Waals surface area contributed by atoms with Crippen molar-refractivity contribution < 1.29 is 23.7 Å². The Kier molecular flexibility index (Phi) is 5.64. The summed E-state index contributed by atoms with van der Waals surface area (Å²) in [5, 5.41) is 3.07. The van der Waals surface area contributed by atoms with E-state index in [-0.39, 0.29) is 18.7 Å². The Morgan fingerprint density at radius 3 is 2.61 bits per heavy atom. The van der Waals surface area contributed by atoms with Gasteiger partial charge in [-0.25, -0.2) is 0 Å². The molecule has 2 aromatic rings. The molecule has 2 aliphatic heterocycles. The van der Waals surface area contributed by atoms with E-state index in [9.17, 15) is 4.79 Å². The summed E-state index contributed by atoms with van der Waals surface area (Å²) in [6.45, 7) is 3.75. The summed E-state index contributed by atoms with van der Waals surface area (Å²) in [5.74, 6) is 1.95. The lowest BCUT2D eigenvalue weighted by Crippen LogP contribution is -2.43. The first kappa shape index (κ1) is 18.6. The molecule has 0 aromatic heterocycles. The molecule has 2 aliphatic rings. The number of amides is 1. The molecule has 1 N–H and O–H groups in total. The van der Waals surface area contributed by atoms with Gasteiger partial charge in [-0.2, -0.15) is 0 Å². The number of hydrogen-bond donors (Lipinski definition) is 1. The zero-order chi connectivity index (χ0) is 19.3. The third-order valence-corrected chi connectivity index (χ3v) is 5.08. The fourth-order valence-electron chi connectivity index (χ4n) is 3.50. The van der Waals surface area contributed by atoms with Crippen molar-refractivity contribution in [3.63, 3.8) is 0 Å². The zero-order valence-corrected chi connectivity index (χ0v) is 15.8.